The first-order valence-corrected chi connectivity index (χ1v) is 13.2. The van der Waals surface area contributed by atoms with Crippen LogP contribution in [0.4, 0.5) is 0 Å². The van der Waals surface area contributed by atoms with Gasteiger partial charge < -0.3 is 4.74 Å². The van der Waals surface area contributed by atoms with E-state index < -0.39 is 0 Å². The van der Waals surface area contributed by atoms with Crippen LogP contribution in [0.15, 0.2) is 36.4 Å². The minimum atomic E-state index is 0.582. The zero-order chi connectivity index (χ0) is 21.7. The summed E-state index contributed by atoms with van der Waals surface area (Å²) in [6.45, 7) is 5.39. The predicted octanol–water partition coefficient (Wildman–Crippen LogP) is 8.38. The molecular weight excluding hydrogens is 376 g/mol. The number of aryl methyl sites for hydroxylation is 1. The third kappa shape index (κ3) is 8.76. The first-order chi connectivity index (χ1) is 15.3. The number of rotatable bonds is 9. The van der Waals surface area contributed by atoms with Gasteiger partial charge in [0.2, 0.25) is 0 Å². The van der Waals surface area contributed by atoms with Crippen molar-refractivity contribution in [2.24, 2.45) is 23.7 Å². The monoisotopic (exact) mass is 420 g/mol. The Morgan fingerprint density at radius 3 is 2.26 bits per heavy atom. The topological polar surface area (TPSA) is 9.23 Å². The average Bonchev–Trinajstić information content (AvgIpc) is 2.82. The second-order valence-electron chi connectivity index (χ2n) is 9.99. The van der Waals surface area contributed by atoms with Gasteiger partial charge in [-0.3, -0.25) is 0 Å². The molecule has 1 nitrogen and oxygen atoms in total. The standard InChI is InChI=1S/C30H44O/c1-3-5-9-26-12-14-27(15-13-26)10-6-7-11-28-16-18-29(19-17-28)24-31-30-22-20-25(8-4-2)21-23-30/h6,10,20-23,26-29H,3-5,8-9,12-19,24H2,1-2H3/t26-,27-,28-,29-. The highest BCUT2D eigenvalue weighted by molar-refractivity contribution is 5.27. The Labute approximate surface area is 192 Å². The minimum absolute atomic E-state index is 0.582. The molecule has 2 aliphatic carbocycles. The van der Waals surface area contributed by atoms with Gasteiger partial charge in [0.15, 0.2) is 0 Å². The predicted molar refractivity (Wildman–Crippen MR) is 133 cm³/mol. The van der Waals surface area contributed by atoms with Gasteiger partial charge in [-0.25, -0.2) is 0 Å². The molecule has 1 aromatic carbocycles. The second-order valence-corrected chi connectivity index (χ2v) is 9.99. The number of hydrogen-bond donors (Lipinski definition) is 0. The highest BCUT2D eigenvalue weighted by Crippen LogP contribution is 2.32. The summed E-state index contributed by atoms with van der Waals surface area (Å²) in [5, 5.41) is 0. The quantitative estimate of drug-likeness (QED) is 0.364. The van der Waals surface area contributed by atoms with Gasteiger partial charge in [-0.2, -0.15) is 0 Å². The van der Waals surface area contributed by atoms with Gasteiger partial charge >= 0.3 is 0 Å². The molecule has 2 saturated carbocycles. The molecule has 0 N–H and O–H groups in total. The molecule has 0 heterocycles. The molecule has 0 radical (unpaired) electrons. The van der Waals surface area contributed by atoms with Crippen LogP contribution in [0.1, 0.15) is 96.5 Å². The molecule has 170 valence electrons. The van der Waals surface area contributed by atoms with E-state index in [-0.39, 0.29) is 0 Å². The van der Waals surface area contributed by atoms with E-state index in [1.165, 1.54) is 82.6 Å². The number of allylic oxidation sites excluding steroid dienone is 2. The van der Waals surface area contributed by atoms with Gasteiger partial charge in [0.25, 0.3) is 0 Å². The SMILES string of the molecule is CCCC[C@H]1CC[C@H](C=CC#C[C@H]2CC[C@H](COc3ccc(CCC)cc3)CC2)CC1. The zero-order valence-electron chi connectivity index (χ0n) is 20.1. The maximum atomic E-state index is 6.06. The minimum Gasteiger partial charge on any atom is -0.493 e. The molecule has 1 aromatic rings. The maximum absolute atomic E-state index is 6.06. The van der Waals surface area contributed by atoms with Gasteiger partial charge in [-0.15, -0.1) is 0 Å². The van der Waals surface area contributed by atoms with Crippen LogP contribution < -0.4 is 4.74 Å². The summed E-state index contributed by atoms with van der Waals surface area (Å²) >= 11 is 0. The lowest BCUT2D eigenvalue weighted by Gasteiger charge is -2.26. The van der Waals surface area contributed by atoms with Crippen molar-refractivity contribution in [3.05, 3.63) is 42.0 Å². The molecule has 2 fully saturated rings. The molecular formula is C30H44O. The molecule has 0 bridgehead atoms. The van der Waals surface area contributed by atoms with Crippen molar-refractivity contribution < 1.29 is 4.74 Å². The normalized spacial score (nSPS) is 26.4. The van der Waals surface area contributed by atoms with Gasteiger partial charge in [0, 0.05) is 5.92 Å². The van der Waals surface area contributed by atoms with Crippen molar-refractivity contribution in [3.8, 4) is 17.6 Å². The fourth-order valence-electron chi connectivity index (χ4n) is 5.24. The molecule has 0 aromatic heterocycles. The Morgan fingerprint density at radius 2 is 1.58 bits per heavy atom. The van der Waals surface area contributed by atoms with Crippen LogP contribution in [0.25, 0.3) is 0 Å². The van der Waals surface area contributed by atoms with Crippen molar-refractivity contribution in [2.45, 2.75) is 97.3 Å². The molecule has 31 heavy (non-hydrogen) atoms. The lowest BCUT2D eigenvalue weighted by Crippen LogP contribution is -2.19. The van der Waals surface area contributed by atoms with E-state index in [4.69, 9.17) is 4.74 Å². The molecule has 0 unspecified atom stereocenters. The van der Waals surface area contributed by atoms with Gasteiger partial charge in [-0.05, 0) is 99.3 Å². The highest BCUT2D eigenvalue weighted by Gasteiger charge is 2.21. The van der Waals surface area contributed by atoms with Gasteiger partial charge in [-0.1, -0.05) is 69.6 Å². The summed E-state index contributed by atoms with van der Waals surface area (Å²) < 4.78 is 6.06. The molecule has 0 atom stereocenters. The van der Waals surface area contributed by atoms with Gasteiger partial charge in [0.05, 0.1) is 6.61 Å². The highest BCUT2D eigenvalue weighted by atomic mass is 16.5. The Morgan fingerprint density at radius 1 is 0.871 bits per heavy atom. The smallest absolute Gasteiger partial charge is 0.119 e. The van der Waals surface area contributed by atoms with Crippen LogP contribution in [0.2, 0.25) is 0 Å². The van der Waals surface area contributed by atoms with E-state index in [1.54, 1.807) is 0 Å². The summed E-state index contributed by atoms with van der Waals surface area (Å²) in [6.07, 6.45) is 21.7. The Hall–Kier alpha value is -1.68. The number of benzene rings is 1. The molecule has 0 amide bonds. The van der Waals surface area contributed by atoms with Crippen LogP contribution in [0, 0.1) is 35.5 Å². The number of unbranched alkanes of at least 4 members (excludes halogenated alkanes) is 1. The first kappa shape index (κ1) is 24.0. The molecule has 2 aliphatic rings. The lowest BCUT2D eigenvalue weighted by molar-refractivity contribution is 0.196. The van der Waals surface area contributed by atoms with Crippen LogP contribution >= 0.6 is 0 Å². The summed E-state index contributed by atoms with van der Waals surface area (Å²) in [7, 11) is 0. The summed E-state index contributed by atoms with van der Waals surface area (Å²) in [5.41, 5.74) is 1.41. The van der Waals surface area contributed by atoms with Crippen molar-refractivity contribution in [2.75, 3.05) is 6.61 Å². The van der Waals surface area contributed by atoms with Crippen LogP contribution in [-0.2, 0) is 6.42 Å². The third-order valence-corrected chi connectivity index (χ3v) is 7.39. The molecule has 3 rings (SSSR count). The zero-order valence-corrected chi connectivity index (χ0v) is 20.1. The molecule has 0 aliphatic heterocycles. The largest absolute Gasteiger partial charge is 0.493 e. The van der Waals surface area contributed by atoms with Crippen LogP contribution in [-0.4, -0.2) is 6.61 Å². The van der Waals surface area contributed by atoms with E-state index >= 15 is 0 Å². The van der Waals surface area contributed by atoms with E-state index in [1.807, 2.05) is 0 Å². The van der Waals surface area contributed by atoms with Crippen molar-refractivity contribution in [1.29, 1.82) is 0 Å². The fraction of sp³-hybridized carbons (Fsp3) is 0.667. The molecule has 0 saturated heterocycles. The number of ether oxygens (including phenoxy) is 1. The Kier molecular flexibility index (Phi) is 10.6. The summed E-state index contributed by atoms with van der Waals surface area (Å²) in [6, 6.07) is 8.67. The van der Waals surface area contributed by atoms with E-state index in [0.29, 0.717) is 11.8 Å². The van der Waals surface area contributed by atoms with Crippen molar-refractivity contribution in [3.63, 3.8) is 0 Å². The Bertz CT molecular complexity index is 688. The van der Waals surface area contributed by atoms with Crippen molar-refractivity contribution >= 4 is 0 Å². The second kappa shape index (κ2) is 13.7. The first-order valence-electron chi connectivity index (χ1n) is 13.2. The van der Waals surface area contributed by atoms with Crippen molar-refractivity contribution in [1.82, 2.24) is 0 Å². The van der Waals surface area contributed by atoms with E-state index in [0.717, 1.165) is 30.6 Å². The lowest BCUT2D eigenvalue weighted by atomic mass is 9.80. The van der Waals surface area contributed by atoms with Crippen LogP contribution in [0.3, 0.4) is 0 Å². The Balaban J connectivity index is 1.30. The number of hydrogen-bond acceptors (Lipinski definition) is 1. The average molecular weight is 421 g/mol. The summed E-state index contributed by atoms with van der Waals surface area (Å²) in [4.78, 5) is 0. The fourth-order valence-corrected chi connectivity index (χ4v) is 5.24. The maximum Gasteiger partial charge on any atom is 0.119 e. The molecule has 1 heteroatoms. The summed E-state index contributed by atoms with van der Waals surface area (Å²) in [5.74, 6) is 11.0. The van der Waals surface area contributed by atoms with Crippen LogP contribution in [0.5, 0.6) is 5.75 Å². The third-order valence-electron chi connectivity index (χ3n) is 7.39. The van der Waals surface area contributed by atoms with E-state index in [2.05, 4.69) is 62.1 Å². The van der Waals surface area contributed by atoms with Gasteiger partial charge in [0.1, 0.15) is 5.75 Å². The molecule has 0 spiro atoms. The van der Waals surface area contributed by atoms with E-state index in [9.17, 15) is 0 Å².